The molecule has 0 aliphatic rings. The SMILES string of the molecule is COC(=O)c1nc(NCCCCN(C)C)sc1C. The zero-order valence-electron chi connectivity index (χ0n) is 11.4. The van der Waals surface area contributed by atoms with Crippen molar-refractivity contribution in [3.05, 3.63) is 10.6 Å². The molecule has 0 saturated carbocycles. The number of anilines is 1. The van der Waals surface area contributed by atoms with Crippen molar-refractivity contribution in [2.45, 2.75) is 19.8 Å². The van der Waals surface area contributed by atoms with Crippen molar-refractivity contribution in [2.75, 3.05) is 39.6 Å². The first-order valence-electron chi connectivity index (χ1n) is 5.99. The molecule has 102 valence electrons. The summed E-state index contributed by atoms with van der Waals surface area (Å²) in [5.74, 6) is -0.371. The molecule has 1 heterocycles. The van der Waals surface area contributed by atoms with Gasteiger partial charge in [-0.05, 0) is 40.4 Å². The van der Waals surface area contributed by atoms with Crippen molar-refractivity contribution in [1.29, 1.82) is 0 Å². The van der Waals surface area contributed by atoms with Gasteiger partial charge in [-0.3, -0.25) is 0 Å². The summed E-state index contributed by atoms with van der Waals surface area (Å²) in [7, 11) is 5.51. The number of unbranched alkanes of at least 4 members (excludes halogenated alkanes) is 1. The molecule has 0 aromatic carbocycles. The van der Waals surface area contributed by atoms with E-state index in [-0.39, 0.29) is 5.97 Å². The molecule has 0 amide bonds. The highest BCUT2D eigenvalue weighted by atomic mass is 32.1. The van der Waals surface area contributed by atoms with Crippen LogP contribution in [-0.2, 0) is 4.74 Å². The highest BCUT2D eigenvalue weighted by Gasteiger charge is 2.15. The highest BCUT2D eigenvalue weighted by molar-refractivity contribution is 7.15. The lowest BCUT2D eigenvalue weighted by molar-refractivity contribution is 0.0594. The van der Waals surface area contributed by atoms with Crippen LogP contribution in [0.5, 0.6) is 0 Å². The van der Waals surface area contributed by atoms with Crippen LogP contribution >= 0.6 is 11.3 Å². The van der Waals surface area contributed by atoms with Gasteiger partial charge in [0, 0.05) is 11.4 Å². The molecule has 0 aliphatic carbocycles. The Morgan fingerprint density at radius 2 is 2.17 bits per heavy atom. The normalized spacial score (nSPS) is 10.7. The summed E-state index contributed by atoms with van der Waals surface area (Å²) in [5.41, 5.74) is 0.415. The van der Waals surface area contributed by atoms with Gasteiger partial charge in [0.1, 0.15) is 0 Å². The number of nitrogens with one attached hydrogen (secondary N) is 1. The Hall–Kier alpha value is -1.14. The molecule has 0 saturated heterocycles. The van der Waals surface area contributed by atoms with E-state index in [9.17, 15) is 4.79 Å². The third-order valence-electron chi connectivity index (χ3n) is 2.48. The number of carbonyl (C=O) groups is 1. The number of rotatable bonds is 7. The topological polar surface area (TPSA) is 54.5 Å². The molecule has 0 spiro atoms. The van der Waals surface area contributed by atoms with E-state index in [4.69, 9.17) is 0 Å². The Balaban J connectivity index is 2.37. The molecule has 0 radical (unpaired) electrons. The van der Waals surface area contributed by atoms with Crippen molar-refractivity contribution in [3.8, 4) is 0 Å². The van der Waals surface area contributed by atoms with Crippen LogP contribution in [0, 0.1) is 6.92 Å². The second-order valence-electron chi connectivity index (χ2n) is 4.35. The first-order chi connectivity index (χ1) is 8.54. The molecule has 18 heavy (non-hydrogen) atoms. The fourth-order valence-electron chi connectivity index (χ4n) is 1.51. The molecule has 0 atom stereocenters. The summed E-state index contributed by atoms with van der Waals surface area (Å²) >= 11 is 1.49. The van der Waals surface area contributed by atoms with Crippen LogP contribution in [0.1, 0.15) is 28.2 Å². The minimum absolute atomic E-state index is 0.371. The number of aryl methyl sites for hydroxylation is 1. The summed E-state index contributed by atoms with van der Waals surface area (Å²) in [4.78, 5) is 18.7. The zero-order valence-corrected chi connectivity index (χ0v) is 12.3. The second kappa shape index (κ2) is 7.33. The van der Waals surface area contributed by atoms with Crippen LogP contribution in [0.2, 0.25) is 0 Å². The van der Waals surface area contributed by atoms with Crippen molar-refractivity contribution < 1.29 is 9.53 Å². The van der Waals surface area contributed by atoms with Gasteiger partial charge in [-0.15, -0.1) is 11.3 Å². The van der Waals surface area contributed by atoms with Crippen LogP contribution in [0.3, 0.4) is 0 Å². The minimum atomic E-state index is -0.371. The van der Waals surface area contributed by atoms with E-state index in [0.29, 0.717) is 5.69 Å². The number of methoxy groups -OCH3 is 1. The van der Waals surface area contributed by atoms with E-state index >= 15 is 0 Å². The first kappa shape index (κ1) is 14.9. The number of thiazole rings is 1. The lowest BCUT2D eigenvalue weighted by Gasteiger charge is -2.08. The molecule has 5 nitrogen and oxygen atoms in total. The Kier molecular flexibility index (Phi) is 6.07. The zero-order chi connectivity index (χ0) is 13.5. The maximum Gasteiger partial charge on any atom is 0.357 e. The fraction of sp³-hybridized carbons (Fsp3) is 0.667. The number of nitrogens with zero attached hydrogens (tertiary/aromatic N) is 2. The van der Waals surface area contributed by atoms with Gasteiger partial charge in [-0.25, -0.2) is 9.78 Å². The largest absolute Gasteiger partial charge is 0.464 e. The van der Waals surface area contributed by atoms with Gasteiger partial charge in [0.15, 0.2) is 10.8 Å². The van der Waals surface area contributed by atoms with Gasteiger partial charge >= 0.3 is 5.97 Å². The molecule has 1 aromatic heterocycles. The molecule has 0 unspecified atom stereocenters. The minimum Gasteiger partial charge on any atom is -0.464 e. The summed E-state index contributed by atoms with van der Waals surface area (Å²) in [6.45, 7) is 3.84. The van der Waals surface area contributed by atoms with E-state index in [1.807, 2.05) is 6.92 Å². The van der Waals surface area contributed by atoms with Gasteiger partial charge in [0.05, 0.1) is 7.11 Å². The van der Waals surface area contributed by atoms with Crippen LogP contribution < -0.4 is 5.32 Å². The predicted molar refractivity (Wildman–Crippen MR) is 74.5 cm³/mol. The van der Waals surface area contributed by atoms with E-state index in [1.54, 1.807) is 0 Å². The molecular formula is C12H21N3O2S. The summed E-state index contributed by atoms with van der Waals surface area (Å²) in [6, 6.07) is 0. The average Bonchev–Trinajstić information content (AvgIpc) is 2.69. The third kappa shape index (κ3) is 4.62. The Labute approximate surface area is 112 Å². The lowest BCUT2D eigenvalue weighted by Crippen LogP contribution is -2.14. The molecule has 1 aromatic rings. The van der Waals surface area contributed by atoms with Crippen molar-refractivity contribution in [3.63, 3.8) is 0 Å². The summed E-state index contributed by atoms with van der Waals surface area (Å²) < 4.78 is 4.67. The van der Waals surface area contributed by atoms with Gasteiger partial charge in [-0.2, -0.15) is 0 Å². The Bertz CT molecular complexity index is 391. The van der Waals surface area contributed by atoms with Crippen LogP contribution in [-0.4, -0.2) is 50.1 Å². The molecule has 1 N–H and O–H groups in total. The maximum atomic E-state index is 11.4. The van der Waals surface area contributed by atoms with E-state index in [0.717, 1.165) is 35.9 Å². The Morgan fingerprint density at radius 1 is 1.44 bits per heavy atom. The predicted octanol–water partition coefficient (Wildman–Crippen LogP) is 1.99. The maximum absolute atomic E-state index is 11.4. The van der Waals surface area contributed by atoms with Crippen LogP contribution in [0.25, 0.3) is 0 Å². The molecule has 6 heteroatoms. The molecule has 0 fully saturated rings. The standard InChI is InChI=1S/C12H21N3O2S/c1-9-10(11(16)17-4)14-12(18-9)13-7-5-6-8-15(2)3/h5-8H2,1-4H3,(H,13,14). The third-order valence-corrected chi connectivity index (χ3v) is 3.41. The van der Waals surface area contributed by atoms with Gasteiger partial charge in [0.2, 0.25) is 0 Å². The number of aromatic nitrogens is 1. The van der Waals surface area contributed by atoms with E-state index in [1.165, 1.54) is 18.4 Å². The number of carbonyl (C=O) groups excluding carboxylic acids is 1. The fourth-order valence-corrected chi connectivity index (χ4v) is 2.33. The molecular weight excluding hydrogens is 250 g/mol. The average molecular weight is 271 g/mol. The smallest absolute Gasteiger partial charge is 0.357 e. The molecule has 0 aliphatic heterocycles. The van der Waals surface area contributed by atoms with Gasteiger partial charge in [-0.1, -0.05) is 0 Å². The highest BCUT2D eigenvalue weighted by Crippen LogP contribution is 2.22. The number of esters is 1. The molecule has 1 rings (SSSR count). The summed E-state index contributed by atoms with van der Waals surface area (Å²) in [6.07, 6.45) is 2.23. The lowest BCUT2D eigenvalue weighted by atomic mass is 10.3. The van der Waals surface area contributed by atoms with Crippen molar-refractivity contribution in [2.24, 2.45) is 0 Å². The summed E-state index contributed by atoms with van der Waals surface area (Å²) in [5, 5.41) is 4.03. The molecule has 0 bridgehead atoms. The quantitative estimate of drug-likeness (QED) is 0.607. The second-order valence-corrected chi connectivity index (χ2v) is 5.56. The van der Waals surface area contributed by atoms with Gasteiger partial charge < -0.3 is 15.0 Å². The van der Waals surface area contributed by atoms with E-state index in [2.05, 4.69) is 34.0 Å². The van der Waals surface area contributed by atoms with Crippen molar-refractivity contribution >= 4 is 22.4 Å². The van der Waals surface area contributed by atoms with Gasteiger partial charge in [0.25, 0.3) is 0 Å². The van der Waals surface area contributed by atoms with E-state index < -0.39 is 0 Å². The monoisotopic (exact) mass is 271 g/mol. The van der Waals surface area contributed by atoms with Crippen molar-refractivity contribution in [1.82, 2.24) is 9.88 Å². The first-order valence-corrected chi connectivity index (χ1v) is 6.80. The van der Waals surface area contributed by atoms with Crippen LogP contribution in [0.4, 0.5) is 5.13 Å². The Morgan fingerprint density at radius 3 is 2.78 bits per heavy atom. The van der Waals surface area contributed by atoms with Crippen LogP contribution in [0.15, 0.2) is 0 Å². The number of hydrogen-bond acceptors (Lipinski definition) is 6. The number of hydrogen-bond donors (Lipinski definition) is 1. The number of ether oxygens (including phenoxy) is 1.